The van der Waals surface area contributed by atoms with E-state index in [4.69, 9.17) is 27.6 Å². The molecule has 3 rings (SSSR count). The number of benzene rings is 2. The maximum atomic E-state index is 13.9. The molecule has 36 heavy (non-hydrogen) atoms. The lowest BCUT2D eigenvalue weighted by Gasteiger charge is -2.45. The van der Waals surface area contributed by atoms with Crippen molar-refractivity contribution in [2.75, 3.05) is 6.61 Å². The molecular formula is C29H41Cl2NO3Si. The topological polar surface area (TPSA) is 49.8 Å². The lowest BCUT2D eigenvalue weighted by Crippen LogP contribution is -2.52. The fraction of sp³-hybridized carbons (Fsp3) is 0.552. The molecule has 2 atom stereocenters. The third kappa shape index (κ3) is 6.54. The molecule has 0 radical (unpaired) electrons. The first-order valence-electron chi connectivity index (χ1n) is 12.7. The van der Waals surface area contributed by atoms with Gasteiger partial charge in [-0.2, -0.15) is 0 Å². The van der Waals surface area contributed by atoms with Crippen LogP contribution in [0.25, 0.3) is 0 Å². The van der Waals surface area contributed by atoms with E-state index in [0.29, 0.717) is 35.1 Å². The van der Waals surface area contributed by atoms with Gasteiger partial charge in [-0.3, -0.25) is 4.79 Å². The van der Waals surface area contributed by atoms with Gasteiger partial charge >= 0.3 is 0 Å². The van der Waals surface area contributed by atoms with Crippen molar-refractivity contribution in [1.29, 1.82) is 0 Å². The summed E-state index contributed by atoms with van der Waals surface area (Å²) in [5.41, 5.74) is 3.31. The van der Waals surface area contributed by atoms with Gasteiger partial charge in [0.15, 0.2) is 8.32 Å². The van der Waals surface area contributed by atoms with Crippen molar-refractivity contribution in [3.05, 3.63) is 68.7 Å². The van der Waals surface area contributed by atoms with Crippen molar-refractivity contribution >= 4 is 37.4 Å². The molecule has 1 heterocycles. The minimum Gasteiger partial charge on any atom is -0.415 e. The Morgan fingerprint density at radius 1 is 1.08 bits per heavy atom. The molecule has 0 aromatic heterocycles. The SMILES string of the molecule is C[C@H]1c2cccc(CC(C)(C)O)c2C[C@H](CO[Si](C)(C)C(C)(C)C)N1C(=O)Cc1c(Cl)cccc1Cl. The largest absolute Gasteiger partial charge is 0.415 e. The van der Waals surface area contributed by atoms with Crippen LogP contribution in [-0.4, -0.2) is 42.5 Å². The zero-order valence-corrected chi connectivity index (χ0v) is 25.4. The van der Waals surface area contributed by atoms with E-state index in [9.17, 15) is 9.90 Å². The second-order valence-corrected chi connectivity index (χ2v) is 17.9. The van der Waals surface area contributed by atoms with E-state index in [1.807, 2.05) is 24.8 Å². The first-order chi connectivity index (χ1) is 16.5. The molecular weight excluding hydrogens is 509 g/mol. The molecule has 7 heteroatoms. The first-order valence-corrected chi connectivity index (χ1v) is 16.4. The van der Waals surface area contributed by atoms with E-state index >= 15 is 0 Å². The summed E-state index contributed by atoms with van der Waals surface area (Å²) in [6, 6.07) is 11.3. The maximum Gasteiger partial charge on any atom is 0.227 e. The molecule has 2 aromatic carbocycles. The predicted molar refractivity (Wildman–Crippen MR) is 153 cm³/mol. The zero-order chi connectivity index (χ0) is 27.1. The summed E-state index contributed by atoms with van der Waals surface area (Å²) in [6.07, 6.45) is 1.38. The summed E-state index contributed by atoms with van der Waals surface area (Å²) in [5.74, 6) is -0.0140. The summed E-state index contributed by atoms with van der Waals surface area (Å²) in [6.45, 7) is 17.4. The van der Waals surface area contributed by atoms with E-state index in [2.05, 4.69) is 52.9 Å². The second kappa shape index (κ2) is 10.8. The molecule has 0 bridgehead atoms. The first kappa shape index (κ1) is 29.2. The molecule has 4 nitrogen and oxygen atoms in total. The number of halogens is 2. The summed E-state index contributed by atoms with van der Waals surface area (Å²) < 4.78 is 6.66. The van der Waals surface area contributed by atoms with E-state index in [1.54, 1.807) is 18.2 Å². The van der Waals surface area contributed by atoms with Crippen molar-refractivity contribution in [1.82, 2.24) is 4.90 Å². The average molecular weight is 551 g/mol. The number of rotatable bonds is 7. The number of carbonyl (C=O) groups excluding carboxylic acids is 1. The Bertz CT molecular complexity index is 1080. The Labute approximate surface area is 228 Å². The van der Waals surface area contributed by atoms with Gasteiger partial charge in [0.25, 0.3) is 0 Å². The molecule has 1 aliphatic heterocycles. The number of amides is 1. The third-order valence-electron chi connectivity index (χ3n) is 7.75. The molecule has 0 spiro atoms. The quantitative estimate of drug-likeness (QED) is 0.366. The van der Waals surface area contributed by atoms with Crippen LogP contribution in [-0.2, 0) is 28.5 Å². The minimum atomic E-state index is -2.03. The van der Waals surface area contributed by atoms with Crippen molar-refractivity contribution in [2.45, 2.75) is 96.6 Å². The molecule has 1 amide bonds. The monoisotopic (exact) mass is 549 g/mol. The smallest absolute Gasteiger partial charge is 0.227 e. The standard InChI is InChI=1S/C29H41Cl2NO3Si/c1-19-22-12-9-11-20(17-29(5,6)34)23(22)15-21(18-35-36(7,8)28(2,3)4)32(19)27(33)16-24-25(30)13-10-14-26(24)31/h9-14,19,21,34H,15-18H2,1-8H3/t19-,21+/m0/s1. The molecule has 1 N–H and O–H groups in total. The molecule has 1 aliphatic rings. The third-order valence-corrected chi connectivity index (χ3v) is 13.0. The molecule has 0 fully saturated rings. The van der Waals surface area contributed by atoms with Crippen LogP contribution in [0.3, 0.4) is 0 Å². The van der Waals surface area contributed by atoms with Crippen LogP contribution in [0.1, 0.15) is 69.8 Å². The highest BCUT2D eigenvalue weighted by Crippen LogP contribution is 2.40. The minimum absolute atomic E-state index is 0.0140. The van der Waals surface area contributed by atoms with E-state index < -0.39 is 13.9 Å². The number of hydrogen-bond donors (Lipinski definition) is 1. The van der Waals surface area contributed by atoms with Gasteiger partial charge in [-0.15, -0.1) is 0 Å². The van der Waals surface area contributed by atoms with Crippen LogP contribution in [0.2, 0.25) is 28.2 Å². The van der Waals surface area contributed by atoms with Gasteiger partial charge in [-0.1, -0.05) is 68.2 Å². The Hall–Kier alpha value is -1.37. The van der Waals surface area contributed by atoms with Gasteiger partial charge in [0, 0.05) is 16.5 Å². The Kier molecular flexibility index (Phi) is 8.74. The highest BCUT2D eigenvalue weighted by Gasteiger charge is 2.41. The van der Waals surface area contributed by atoms with Crippen LogP contribution < -0.4 is 0 Å². The number of hydrogen-bond acceptors (Lipinski definition) is 3. The normalized spacial score (nSPS) is 18.8. The lowest BCUT2D eigenvalue weighted by molar-refractivity contribution is -0.137. The molecule has 198 valence electrons. The van der Waals surface area contributed by atoms with Crippen molar-refractivity contribution in [3.63, 3.8) is 0 Å². The number of aliphatic hydroxyl groups is 1. The molecule has 2 aromatic rings. The van der Waals surface area contributed by atoms with E-state index in [1.165, 1.54) is 5.56 Å². The predicted octanol–water partition coefficient (Wildman–Crippen LogP) is 7.39. The molecule has 0 saturated heterocycles. The van der Waals surface area contributed by atoms with Gasteiger partial charge in [-0.05, 0) is 79.7 Å². The van der Waals surface area contributed by atoms with Gasteiger partial charge in [0.2, 0.25) is 5.91 Å². The average Bonchev–Trinajstić information content (AvgIpc) is 2.73. The van der Waals surface area contributed by atoms with Gasteiger partial charge in [-0.25, -0.2) is 0 Å². The maximum absolute atomic E-state index is 13.9. The van der Waals surface area contributed by atoms with Crippen LogP contribution >= 0.6 is 23.2 Å². The van der Waals surface area contributed by atoms with Crippen LogP contribution in [0, 0.1) is 0 Å². The van der Waals surface area contributed by atoms with Gasteiger partial charge in [0.1, 0.15) is 0 Å². The van der Waals surface area contributed by atoms with Crippen molar-refractivity contribution < 1.29 is 14.3 Å². The van der Waals surface area contributed by atoms with Crippen LogP contribution in [0.5, 0.6) is 0 Å². The lowest BCUT2D eigenvalue weighted by atomic mass is 9.83. The zero-order valence-electron chi connectivity index (χ0n) is 22.9. The van der Waals surface area contributed by atoms with E-state index in [0.717, 1.165) is 11.1 Å². The highest BCUT2D eigenvalue weighted by atomic mass is 35.5. The van der Waals surface area contributed by atoms with Gasteiger partial charge in [0.05, 0.1) is 30.7 Å². The Morgan fingerprint density at radius 3 is 2.22 bits per heavy atom. The fourth-order valence-corrected chi connectivity index (χ4v) is 6.32. The number of carbonyl (C=O) groups is 1. The fourth-order valence-electron chi connectivity index (χ4n) is 4.75. The summed E-state index contributed by atoms with van der Waals surface area (Å²) in [5, 5.41) is 11.6. The Morgan fingerprint density at radius 2 is 1.67 bits per heavy atom. The highest BCUT2D eigenvalue weighted by molar-refractivity contribution is 6.74. The summed E-state index contributed by atoms with van der Waals surface area (Å²) in [4.78, 5) is 15.8. The van der Waals surface area contributed by atoms with Gasteiger partial charge < -0.3 is 14.4 Å². The van der Waals surface area contributed by atoms with Crippen molar-refractivity contribution in [2.24, 2.45) is 0 Å². The number of fused-ring (bicyclic) bond motifs is 1. The van der Waals surface area contributed by atoms with Crippen molar-refractivity contribution in [3.8, 4) is 0 Å². The summed E-state index contributed by atoms with van der Waals surface area (Å²) in [7, 11) is -2.03. The molecule has 0 saturated carbocycles. The summed E-state index contributed by atoms with van der Waals surface area (Å²) >= 11 is 12.8. The number of nitrogens with zero attached hydrogens (tertiary/aromatic N) is 1. The van der Waals surface area contributed by atoms with Crippen LogP contribution in [0.4, 0.5) is 0 Å². The molecule has 0 unspecified atom stereocenters. The second-order valence-electron chi connectivity index (χ2n) is 12.3. The Balaban J connectivity index is 2.01. The van der Waals surface area contributed by atoms with Crippen LogP contribution in [0.15, 0.2) is 36.4 Å². The van der Waals surface area contributed by atoms with E-state index in [-0.39, 0.29) is 29.4 Å². The molecule has 0 aliphatic carbocycles.